The first-order valence-electron chi connectivity index (χ1n) is 6.69. The Bertz CT molecular complexity index is 842. The van der Waals surface area contributed by atoms with Crippen molar-refractivity contribution in [3.8, 4) is 0 Å². The van der Waals surface area contributed by atoms with Gasteiger partial charge in [-0.3, -0.25) is 10.1 Å². The Morgan fingerprint density at radius 2 is 1.92 bits per heavy atom. The molecule has 0 aliphatic carbocycles. The number of aromatic carboxylic acids is 1. The van der Waals surface area contributed by atoms with Crippen LogP contribution in [0.1, 0.15) is 26.3 Å². The summed E-state index contributed by atoms with van der Waals surface area (Å²) in [6.07, 6.45) is 0. The van der Waals surface area contributed by atoms with E-state index in [4.69, 9.17) is 23.8 Å². The van der Waals surface area contributed by atoms with Gasteiger partial charge in [0.05, 0.1) is 11.3 Å². The molecule has 0 fully saturated rings. The number of carbonyl (C=O) groups excluding carboxylic acids is 1. The molecule has 3 N–H and O–H groups in total. The largest absolute Gasteiger partial charge is 0.478 e. The van der Waals surface area contributed by atoms with Crippen molar-refractivity contribution < 1.29 is 14.7 Å². The molecule has 0 aliphatic heterocycles. The van der Waals surface area contributed by atoms with Crippen LogP contribution in [0.25, 0.3) is 0 Å². The third-order valence-electron chi connectivity index (χ3n) is 3.12. The third kappa shape index (κ3) is 4.65. The van der Waals surface area contributed by atoms with E-state index in [1.165, 1.54) is 6.07 Å². The number of nitrogens with one attached hydrogen (secondary N) is 2. The highest BCUT2D eigenvalue weighted by Crippen LogP contribution is 2.19. The lowest BCUT2D eigenvalue weighted by molar-refractivity contribution is 0.0697. The van der Waals surface area contributed by atoms with E-state index in [0.717, 1.165) is 9.13 Å². The quantitative estimate of drug-likeness (QED) is 0.462. The Morgan fingerprint density at radius 1 is 1.21 bits per heavy atom. The predicted octanol–water partition coefficient (Wildman–Crippen LogP) is 4.08. The van der Waals surface area contributed by atoms with Gasteiger partial charge >= 0.3 is 5.97 Å². The second-order valence-electron chi connectivity index (χ2n) is 4.87. The van der Waals surface area contributed by atoms with Crippen molar-refractivity contribution in [1.29, 1.82) is 0 Å². The predicted molar refractivity (Wildman–Crippen MR) is 106 cm³/mol. The summed E-state index contributed by atoms with van der Waals surface area (Å²) in [4.78, 5) is 23.4. The fraction of sp³-hybridized carbons (Fsp3) is 0.0625. The van der Waals surface area contributed by atoms with Crippen molar-refractivity contribution in [2.45, 2.75) is 6.92 Å². The van der Waals surface area contributed by atoms with Gasteiger partial charge < -0.3 is 10.4 Å². The molecule has 0 saturated heterocycles. The Kier molecular flexibility index (Phi) is 6.14. The van der Waals surface area contributed by atoms with Gasteiger partial charge in [-0.15, -0.1) is 0 Å². The van der Waals surface area contributed by atoms with E-state index in [-0.39, 0.29) is 10.7 Å². The zero-order chi connectivity index (χ0) is 17.9. The highest BCUT2D eigenvalue weighted by atomic mass is 127. The zero-order valence-electron chi connectivity index (χ0n) is 12.4. The van der Waals surface area contributed by atoms with E-state index in [0.29, 0.717) is 16.3 Å². The normalized spacial score (nSPS) is 10.1. The van der Waals surface area contributed by atoms with E-state index in [9.17, 15) is 14.7 Å². The molecule has 2 rings (SSSR count). The topological polar surface area (TPSA) is 78.4 Å². The molecule has 0 atom stereocenters. The molecular weight excluding hydrogens is 463 g/mol. The lowest BCUT2D eigenvalue weighted by Gasteiger charge is -2.12. The maximum Gasteiger partial charge on any atom is 0.337 e. The van der Waals surface area contributed by atoms with E-state index < -0.39 is 11.9 Å². The standard InChI is InChI=1S/C16H12ClIN2O3S/c1-8-2-3-9(6-12(8)17)14(21)20-16(24)19-13-5-4-10(18)7-11(13)15(22)23/h2-7H,1H3,(H,22,23)(H2,19,20,21,24). The van der Waals surface area contributed by atoms with Gasteiger partial charge in [-0.2, -0.15) is 0 Å². The molecule has 124 valence electrons. The van der Waals surface area contributed by atoms with Gasteiger partial charge in [-0.05, 0) is 77.6 Å². The van der Waals surface area contributed by atoms with Crippen LogP contribution >= 0.6 is 46.4 Å². The number of aryl methyl sites for hydroxylation is 1. The number of amides is 1. The number of carboxylic acids is 1. The Morgan fingerprint density at radius 3 is 2.54 bits per heavy atom. The van der Waals surface area contributed by atoms with Crippen molar-refractivity contribution in [2.75, 3.05) is 5.32 Å². The number of rotatable bonds is 3. The minimum atomic E-state index is -1.09. The van der Waals surface area contributed by atoms with Gasteiger partial charge in [0.2, 0.25) is 0 Å². The fourth-order valence-electron chi connectivity index (χ4n) is 1.87. The summed E-state index contributed by atoms with van der Waals surface area (Å²) in [5.41, 5.74) is 1.58. The number of thiocarbonyl (C=S) groups is 1. The van der Waals surface area contributed by atoms with Gasteiger partial charge in [-0.1, -0.05) is 17.7 Å². The van der Waals surface area contributed by atoms with Gasteiger partial charge in [0.25, 0.3) is 5.91 Å². The van der Waals surface area contributed by atoms with Crippen LogP contribution in [0.15, 0.2) is 36.4 Å². The number of carbonyl (C=O) groups is 2. The van der Waals surface area contributed by atoms with Crippen molar-refractivity contribution in [3.63, 3.8) is 0 Å². The summed E-state index contributed by atoms with van der Waals surface area (Å²) in [5, 5.41) is 14.9. The SMILES string of the molecule is Cc1ccc(C(=O)NC(=S)Nc2ccc(I)cc2C(=O)O)cc1Cl. The molecule has 5 nitrogen and oxygen atoms in total. The molecule has 24 heavy (non-hydrogen) atoms. The number of anilines is 1. The van der Waals surface area contributed by atoms with Crippen LogP contribution in [0, 0.1) is 10.5 Å². The number of benzene rings is 2. The third-order valence-corrected chi connectivity index (χ3v) is 4.40. The van der Waals surface area contributed by atoms with Crippen molar-refractivity contribution in [2.24, 2.45) is 0 Å². The Hall–Kier alpha value is -1.71. The molecule has 0 bridgehead atoms. The maximum absolute atomic E-state index is 12.2. The summed E-state index contributed by atoms with van der Waals surface area (Å²) in [6, 6.07) is 9.74. The first-order chi connectivity index (χ1) is 11.3. The highest BCUT2D eigenvalue weighted by Gasteiger charge is 2.14. The molecule has 0 unspecified atom stereocenters. The molecule has 1 amide bonds. The molecule has 0 heterocycles. The van der Waals surface area contributed by atoms with Crippen molar-refractivity contribution in [3.05, 3.63) is 61.7 Å². The summed E-state index contributed by atoms with van der Waals surface area (Å²) in [7, 11) is 0. The molecular formula is C16H12ClIN2O3S. The number of hydrogen-bond acceptors (Lipinski definition) is 3. The van der Waals surface area contributed by atoms with Gasteiger partial charge in [0.1, 0.15) is 0 Å². The van der Waals surface area contributed by atoms with Crippen LogP contribution in [-0.4, -0.2) is 22.1 Å². The summed E-state index contributed by atoms with van der Waals surface area (Å²) in [6.45, 7) is 1.83. The molecule has 0 aliphatic rings. The second-order valence-corrected chi connectivity index (χ2v) is 6.93. The first kappa shape index (κ1) is 18.6. The average Bonchev–Trinajstić information content (AvgIpc) is 2.51. The minimum absolute atomic E-state index is 0.000376. The molecule has 0 spiro atoms. The average molecular weight is 475 g/mol. The van der Waals surface area contributed by atoms with Crippen LogP contribution in [-0.2, 0) is 0 Å². The maximum atomic E-state index is 12.2. The van der Waals surface area contributed by atoms with Crippen LogP contribution < -0.4 is 10.6 Å². The Balaban J connectivity index is 2.12. The van der Waals surface area contributed by atoms with Crippen molar-refractivity contribution in [1.82, 2.24) is 5.32 Å². The van der Waals surface area contributed by atoms with Crippen LogP contribution in [0.2, 0.25) is 5.02 Å². The lowest BCUT2D eigenvalue weighted by atomic mass is 10.1. The summed E-state index contributed by atoms with van der Waals surface area (Å²) in [5.74, 6) is -1.52. The first-order valence-corrected chi connectivity index (χ1v) is 8.55. The van der Waals surface area contributed by atoms with Crippen LogP contribution in [0.5, 0.6) is 0 Å². The zero-order valence-corrected chi connectivity index (χ0v) is 16.1. The summed E-state index contributed by atoms with van der Waals surface area (Å²) >= 11 is 13.1. The van der Waals surface area contributed by atoms with Gasteiger partial charge in [0, 0.05) is 14.2 Å². The Labute approximate surface area is 162 Å². The van der Waals surface area contributed by atoms with Crippen LogP contribution in [0.3, 0.4) is 0 Å². The van der Waals surface area contributed by atoms with Gasteiger partial charge in [0.15, 0.2) is 5.11 Å². The van der Waals surface area contributed by atoms with Gasteiger partial charge in [-0.25, -0.2) is 4.79 Å². The second kappa shape index (κ2) is 7.91. The van der Waals surface area contributed by atoms with E-state index in [1.54, 1.807) is 30.3 Å². The molecule has 0 aromatic heterocycles. The smallest absolute Gasteiger partial charge is 0.337 e. The summed E-state index contributed by atoms with van der Waals surface area (Å²) < 4.78 is 0.778. The highest BCUT2D eigenvalue weighted by molar-refractivity contribution is 14.1. The number of halogens is 2. The van der Waals surface area contributed by atoms with E-state index in [1.807, 2.05) is 29.5 Å². The molecule has 2 aromatic carbocycles. The molecule has 0 saturated carbocycles. The number of hydrogen-bond donors (Lipinski definition) is 3. The fourth-order valence-corrected chi connectivity index (χ4v) is 2.74. The van der Waals surface area contributed by atoms with E-state index >= 15 is 0 Å². The molecule has 0 radical (unpaired) electrons. The monoisotopic (exact) mass is 474 g/mol. The molecule has 8 heteroatoms. The molecule has 2 aromatic rings. The van der Waals surface area contributed by atoms with E-state index in [2.05, 4.69) is 10.6 Å². The van der Waals surface area contributed by atoms with Crippen molar-refractivity contribution >= 4 is 69.1 Å². The number of carboxylic acid groups (broad SMARTS) is 1. The minimum Gasteiger partial charge on any atom is -0.478 e. The van der Waals surface area contributed by atoms with Crippen LogP contribution in [0.4, 0.5) is 5.69 Å². The lowest BCUT2D eigenvalue weighted by Crippen LogP contribution is -2.34.